The molecule has 0 saturated carbocycles. The maximum Gasteiger partial charge on any atom is 0.283 e. The Balaban J connectivity index is 2.85. The third-order valence-electron chi connectivity index (χ3n) is 1.62. The second-order valence-corrected chi connectivity index (χ2v) is 3.32. The molecule has 0 bridgehead atoms. The first kappa shape index (κ1) is 9.45. The fourth-order valence-electron chi connectivity index (χ4n) is 0.925. The molecule has 0 aromatic carbocycles. The number of aryl methyl sites for hydroxylation is 1. The first-order chi connectivity index (χ1) is 5.75. The molecular formula is C8H11BrN2O. The lowest BCUT2D eigenvalue weighted by molar-refractivity contribution is 0.606. The van der Waals surface area contributed by atoms with Crippen LogP contribution in [0.25, 0.3) is 0 Å². The first-order valence-corrected chi connectivity index (χ1v) is 4.76. The van der Waals surface area contributed by atoms with Gasteiger partial charge in [-0.2, -0.15) is 0 Å². The third-order valence-corrected chi connectivity index (χ3v) is 2.17. The van der Waals surface area contributed by atoms with E-state index in [0.29, 0.717) is 4.60 Å². The molecule has 0 aliphatic rings. The van der Waals surface area contributed by atoms with Crippen molar-refractivity contribution in [2.24, 2.45) is 0 Å². The Morgan fingerprint density at radius 3 is 3.08 bits per heavy atom. The molecule has 0 atom stereocenters. The van der Waals surface area contributed by atoms with E-state index in [1.165, 1.54) is 0 Å². The zero-order valence-electron chi connectivity index (χ0n) is 6.96. The summed E-state index contributed by atoms with van der Waals surface area (Å²) in [5.41, 5.74) is -0.0500. The minimum absolute atomic E-state index is 0.0500. The standard InChI is InChI=1S/C8H11BrN2O/c1-2-3-5-11-6-4-10-7(9)8(11)12/h4,6H,2-3,5H2,1H3. The van der Waals surface area contributed by atoms with Crippen molar-refractivity contribution in [1.82, 2.24) is 9.55 Å². The molecule has 1 aromatic heterocycles. The van der Waals surface area contributed by atoms with Crippen LogP contribution in [-0.2, 0) is 6.54 Å². The van der Waals surface area contributed by atoms with Gasteiger partial charge in [0, 0.05) is 18.9 Å². The molecule has 0 unspecified atom stereocenters. The van der Waals surface area contributed by atoms with Gasteiger partial charge in [-0.25, -0.2) is 4.98 Å². The minimum Gasteiger partial charge on any atom is -0.312 e. The van der Waals surface area contributed by atoms with Crippen molar-refractivity contribution >= 4 is 15.9 Å². The quantitative estimate of drug-likeness (QED) is 0.795. The summed E-state index contributed by atoms with van der Waals surface area (Å²) in [5.74, 6) is 0. The Kier molecular flexibility index (Phi) is 3.47. The van der Waals surface area contributed by atoms with Gasteiger partial charge in [0.2, 0.25) is 0 Å². The van der Waals surface area contributed by atoms with Crippen LogP contribution >= 0.6 is 15.9 Å². The molecule has 0 aliphatic heterocycles. The van der Waals surface area contributed by atoms with Crippen LogP contribution < -0.4 is 5.56 Å². The number of unbranched alkanes of at least 4 members (excludes halogenated alkanes) is 1. The van der Waals surface area contributed by atoms with Gasteiger partial charge in [-0.05, 0) is 22.4 Å². The van der Waals surface area contributed by atoms with Crippen molar-refractivity contribution in [3.63, 3.8) is 0 Å². The van der Waals surface area contributed by atoms with Gasteiger partial charge in [0.1, 0.15) is 0 Å². The molecule has 1 aromatic rings. The molecule has 0 saturated heterocycles. The highest BCUT2D eigenvalue weighted by Crippen LogP contribution is 1.97. The summed E-state index contributed by atoms with van der Waals surface area (Å²) in [7, 11) is 0. The molecule has 1 rings (SSSR count). The summed E-state index contributed by atoms with van der Waals surface area (Å²) >= 11 is 3.09. The highest BCUT2D eigenvalue weighted by molar-refractivity contribution is 9.10. The zero-order valence-corrected chi connectivity index (χ0v) is 8.54. The van der Waals surface area contributed by atoms with Gasteiger partial charge in [-0.15, -0.1) is 0 Å². The first-order valence-electron chi connectivity index (χ1n) is 3.96. The average molecular weight is 231 g/mol. The lowest BCUT2D eigenvalue weighted by atomic mass is 10.3. The van der Waals surface area contributed by atoms with Gasteiger partial charge in [-0.3, -0.25) is 4.79 Å². The van der Waals surface area contributed by atoms with E-state index in [9.17, 15) is 4.79 Å². The Labute approximate surface area is 79.6 Å². The van der Waals surface area contributed by atoms with E-state index < -0.39 is 0 Å². The van der Waals surface area contributed by atoms with Crippen LogP contribution in [0.4, 0.5) is 0 Å². The molecule has 12 heavy (non-hydrogen) atoms. The summed E-state index contributed by atoms with van der Waals surface area (Å²) in [5, 5.41) is 0. The number of rotatable bonds is 3. The minimum atomic E-state index is -0.0500. The Bertz CT molecular complexity index is 308. The SMILES string of the molecule is CCCCn1ccnc(Br)c1=O. The molecule has 0 radical (unpaired) electrons. The Morgan fingerprint density at radius 2 is 2.42 bits per heavy atom. The number of hydrogen-bond donors (Lipinski definition) is 0. The summed E-state index contributed by atoms with van der Waals surface area (Å²) in [6.07, 6.45) is 5.45. The average Bonchev–Trinajstić information content (AvgIpc) is 2.08. The number of nitrogens with zero attached hydrogens (tertiary/aromatic N) is 2. The summed E-state index contributed by atoms with van der Waals surface area (Å²) in [4.78, 5) is 15.2. The van der Waals surface area contributed by atoms with E-state index in [1.807, 2.05) is 0 Å². The maximum absolute atomic E-state index is 11.3. The second-order valence-electron chi connectivity index (χ2n) is 2.57. The van der Waals surface area contributed by atoms with Gasteiger partial charge >= 0.3 is 0 Å². The molecule has 1 heterocycles. The van der Waals surface area contributed by atoms with Crippen LogP contribution in [0.2, 0.25) is 0 Å². The van der Waals surface area contributed by atoms with Gasteiger partial charge < -0.3 is 4.57 Å². The van der Waals surface area contributed by atoms with Crippen LogP contribution in [0.3, 0.4) is 0 Å². The largest absolute Gasteiger partial charge is 0.312 e. The lowest BCUT2D eigenvalue weighted by Gasteiger charge is -2.02. The van der Waals surface area contributed by atoms with E-state index >= 15 is 0 Å². The number of aromatic nitrogens is 2. The Hall–Kier alpha value is -0.640. The molecule has 0 amide bonds. The van der Waals surface area contributed by atoms with Gasteiger partial charge in [-0.1, -0.05) is 13.3 Å². The monoisotopic (exact) mass is 230 g/mol. The summed E-state index contributed by atoms with van der Waals surface area (Å²) in [6, 6.07) is 0. The van der Waals surface area contributed by atoms with E-state index in [-0.39, 0.29) is 5.56 Å². The molecule has 0 spiro atoms. The second kappa shape index (κ2) is 4.40. The molecule has 66 valence electrons. The molecule has 4 heteroatoms. The fraction of sp³-hybridized carbons (Fsp3) is 0.500. The van der Waals surface area contributed by atoms with E-state index in [2.05, 4.69) is 27.8 Å². The smallest absolute Gasteiger partial charge is 0.283 e. The summed E-state index contributed by atoms with van der Waals surface area (Å²) in [6.45, 7) is 2.87. The van der Waals surface area contributed by atoms with Crippen molar-refractivity contribution in [2.45, 2.75) is 26.3 Å². The van der Waals surface area contributed by atoms with Crippen LogP contribution in [-0.4, -0.2) is 9.55 Å². The molecular weight excluding hydrogens is 220 g/mol. The topological polar surface area (TPSA) is 34.9 Å². The van der Waals surface area contributed by atoms with Crippen molar-refractivity contribution in [3.05, 3.63) is 27.4 Å². The van der Waals surface area contributed by atoms with Crippen LogP contribution in [0, 0.1) is 0 Å². The van der Waals surface area contributed by atoms with Crippen LogP contribution in [0.15, 0.2) is 21.8 Å². The highest BCUT2D eigenvalue weighted by Gasteiger charge is 1.98. The predicted molar refractivity (Wildman–Crippen MR) is 51.1 cm³/mol. The molecule has 0 aliphatic carbocycles. The maximum atomic E-state index is 11.3. The predicted octanol–water partition coefficient (Wildman–Crippen LogP) is 1.81. The molecule has 3 nitrogen and oxygen atoms in total. The van der Waals surface area contributed by atoms with E-state index in [4.69, 9.17) is 0 Å². The molecule has 0 N–H and O–H groups in total. The van der Waals surface area contributed by atoms with Crippen molar-refractivity contribution in [2.75, 3.05) is 0 Å². The zero-order chi connectivity index (χ0) is 8.97. The van der Waals surface area contributed by atoms with Gasteiger partial charge in [0.25, 0.3) is 5.56 Å². The van der Waals surface area contributed by atoms with Gasteiger partial charge in [0.15, 0.2) is 4.60 Å². The summed E-state index contributed by atoms with van der Waals surface area (Å²) < 4.78 is 2.06. The number of halogens is 1. The fourth-order valence-corrected chi connectivity index (χ4v) is 1.27. The third kappa shape index (κ3) is 2.17. The van der Waals surface area contributed by atoms with E-state index in [0.717, 1.165) is 19.4 Å². The molecule has 0 fully saturated rings. The Morgan fingerprint density at radius 1 is 1.67 bits per heavy atom. The van der Waals surface area contributed by atoms with Crippen molar-refractivity contribution < 1.29 is 0 Å². The van der Waals surface area contributed by atoms with E-state index in [1.54, 1.807) is 17.0 Å². The van der Waals surface area contributed by atoms with Crippen LogP contribution in [0.5, 0.6) is 0 Å². The highest BCUT2D eigenvalue weighted by atomic mass is 79.9. The van der Waals surface area contributed by atoms with Gasteiger partial charge in [0.05, 0.1) is 0 Å². The van der Waals surface area contributed by atoms with Crippen molar-refractivity contribution in [3.8, 4) is 0 Å². The normalized spacial score (nSPS) is 10.2. The van der Waals surface area contributed by atoms with Crippen molar-refractivity contribution in [1.29, 1.82) is 0 Å². The van der Waals surface area contributed by atoms with Crippen LogP contribution in [0.1, 0.15) is 19.8 Å². The number of hydrogen-bond acceptors (Lipinski definition) is 2. The lowest BCUT2D eigenvalue weighted by Crippen LogP contribution is -2.20.